The molecule has 0 aliphatic heterocycles. The second-order valence-electron chi connectivity index (χ2n) is 3.06. The Hall–Kier alpha value is -0.261. The first-order valence-electron chi connectivity index (χ1n) is 4.59. The molecule has 0 aromatic heterocycles. The summed E-state index contributed by atoms with van der Waals surface area (Å²) in [5.74, 6) is 0. The van der Waals surface area contributed by atoms with E-state index in [0.29, 0.717) is 0 Å². The van der Waals surface area contributed by atoms with Crippen molar-refractivity contribution in [1.82, 2.24) is 0 Å². The summed E-state index contributed by atoms with van der Waals surface area (Å²) in [4.78, 5) is 0. The third kappa shape index (κ3) is 3.00. The molecule has 0 saturated heterocycles. The zero-order chi connectivity index (χ0) is 8.81. The quantitative estimate of drug-likeness (QED) is 0.545. The van der Waals surface area contributed by atoms with E-state index in [4.69, 9.17) is 0 Å². The number of hydrogen-bond acceptors (Lipinski definition) is 0. The molecule has 0 saturated carbocycles. The van der Waals surface area contributed by atoms with Crippen LogP contribution in [0.15, 0.2) is 24.3 Å². The molecule has 1 aromatic carbocycles. The molecule has 0 unspecified atom stereocenters. The molecular weight excluding hydrogens is 211 g/mol. The standard InChI is InChI=1S/C11H15Se/c1-2-3-4-7-10-8-5-6-9-11(10)12/h5-6,8-9H,2-4,7H2,1H3. The Morgan fingerprint density at radius 1 is 1.17 bits per heavy atom. The van der Waals surface area contributed by atoms with Gasteiger partial charge in [0, 0.05) is 0 Å². The molecule has 65 valence electrons. The third-order valence-electron chi connectivity index (χ3n) is 2.02. The van der Waals surface area contributed by atoms with E-state index in [1.54, 1.807) is 0 Å². The molecular formula is C11H15Se. The van der Waals surface area contributed by atoms with Crippen LogP contribution >= 0.6 is 0 Å². The van der Waals surface area contributed by atoms with Crippen LogP contribution in [0.2, 0.25) is 0 Å². The van der Waals surface area contributed by atoms with Crippen molar-refractivity contribution >= 4 is 20.5 Å². The van der Waals surface area contributed by atoms with Crippen LogP contribution in [0.4, 0.5) is 0 Å². The summed E-state index contributed by atoms with van der Waals surface area (Å²) >= 11 is 3.10. The second kappa shape index (κ2) is 5.40. The van der Waals surface area contributed by atoms with Crippen LogP contribution in [0.3, 0.4) is 0 Å². The van der Waals surface area contributed by atoms with Crippen molar-refractivity contribution in [3.05, 3.63) is 29.8 Å². The van der Waals surface area contributed by atoms with Crippen molar-refractivity contribution < 1.29 is 0 Å². The Kier molecular flexibility index (Phi) is 4.42. The van der Waals surface area contributed by atoms with E-state index < -0.39 is 0 Å². The van der Waals surface area contributed by atoms with Gasteiger partial charge < -0.3 is 0 Å². The summed E-state index contributed by atoms with van der Waals surface area (Å²) in [5.41, 5.74) is 1.46. The molecule has 0 atom stereocenters. The van der Waals surface area contributed by atoms with E-state index in [0.717, 1.165) is 0 Å². The molecule has 0 spiro atoms. The molecule has 1 radical (unpaired) electrons. The topological polar surface area (TPSA) is 0 Å². The van der Waals surface area contributed by atoms with Gasteiger partial charge in [0.05, 0.1) is 0 Å². The number of aryl methyl sites for hydroxylation is 1. The minimum absolute atomic E-state index is 1.22. The molecule has 0 aliphatic rings. The Balaban J connectivity index is 2.46. The van der Waals surface area contributed by atoms with E-state index in [9.17, 15) is 0 Å². The van der Waals surface area contributed by atoms with E-state index in [1.165, 1.54) is 35.7 Å². The van der Waals surface area contributed by atoms with Gasteiger partial charge in [0.2, 0.25) is 0 Å². The number of rotatable bonds is 4. The molecule has 0 N–H and O–H groups in total. The maximum atomic E-state index is 3.10. The first-order chi connectivity index (χ1) is 5.84. The monoisotopic (exact) mass is 227 g/mol. The average molecular weight is 226 g/mol. The van der Waals surface area contributed by atoms with E-state index >= 15 is 0 Å². The summed E-state index contributed by atoms with van der Waals surface area (Å²) in [6.45, 7) is 2.24. The SMILES string of the molecule is CCCCCc1ccccc1[Se]. The Morgan fingerprint density at radius 3 is 2.58 bits per heavy atom. The Bertz CT molecular complexity index is 230. The van der Waals surface area contributed by atoms with Crippen LogP contribution < -0.4 is 4.46 Å². The van der Waals surface area contributed by atoms with Gasteiger partial charge in [0.15, 0.2) is 0 Å². The fraction of sp³-hybridized carbons (Fsp3) is 0.455. The molecule has 1 rings (SSSR count). The van der Waals surface area contributed by atoms with Crippen LogP contribution in [-0.2, 0) is 6.42 Å². The predicted octanol–water partition coefficient (Wildman–Crippen LogP) is 2.21. The van der Waals surface area contributed by atoms with E-state index in [2.05, 4.69) is 47.2 Å². The summed E-state index contributed by atoms with van der Waals surface area (Å²) in [5, 5.41) is 0. The van der Waals surface area contributed by atoms with Crippen LogP contribution in [-0.4, -0.2) is 16.0 Å². The number of benzene rings is 1. The van der Waals surface area contributed by atoms with Crippen LogP contribution in [0.1, 0.15) is 31.7 Å². The van der Waals surface area contributed by atoms with Gasteiger partial charge in [-0.15, -0.1) is 0 Å². The molecule has 0 aliphatic carbocycles. The summed E-state index contributed by atoms with van der Waals surface area (Å²) in [6, 6.07) is 8.54. The van der Waals surface area contributed by atoms with Crippen molar-refractivity contribution in [2.24, 2.45) is 0 Å². The van der Waals surface area contributed by atoms with Gasteiger partial charge in [-0.3, -0.25) is 0 Å². The van der Waals surface area contributed by atoms with Gasteiger partial charge >= 0.3 is 82.9 Å². The van der Waals surface area contributed by atoms with Crippen molar-refractivity contribution in [2.45, 2.75) is 32.6 Å². The van der Waals surface area contributed by atoms with Crippen molar-refractivity contribution in [1.29, 1.82) is 0 Å². The van der Waals surface area contributed by atoms with E-state index in [1.807, 2.05) is 0 Å². The number of unbranched alkanes of at least 4 members (excludes halogenated alkanes) is 2. The summed E-state index contributed by atoms with van der Waals surface area (Å²) in [7, 11) is 0. The van der Waals surface area contributed by atoms with E-state index in [-0.39, 0.29) is 0 Å². The molecule has 12 heavy (non-hydrogen) atoms. The normalized spacial score (nSPS) is 10.1. The molecule has 1 aromatic rings. The van der Waals surface area contributed by atoms with Gasteiger partial charge in [0.1, 0.15) is 0 Å². The van der Waals surface area contributed by atoms with Crippen LogP contribution in [0.5, 0.6) is 0 Å². The first kappa shape index (κ1) is 9.82. The van der Waals surface area contributed by atoms with Crippen LogP contribution in [0.25, 0.3) is 0 Å². The fourth-order valence-electron chi connectivity index (χ4n) is 1.28. The van der Waals surface area contributed by atoms with Gasteiger partial charge in [0.25, 0.3) is 0 Å². The minimum atomic E-state index is 1.22. The maximum absolute atomic E-state index is 3.10. The molecule has 0 nitrogen and oxygen atoms in total. The van der Waals surface area contributed by atoms with Gasteiger partial charge in [-0.05, 0) is 0 Å². The molecule has 0 heterocycles. The third-order valence-corrected chi connectivity index (χ3v) is 2.86. The van der Waals surface area contributed by atoms with Crippen molar-refractivity contribution in [3.63, 3.8) is 0 Å². The molecule has 0 amide bonds. The summed E-state index contributed by atoms with van der Waals surface area (Å²) in [6.07, 6.45) is 5.18. The van der Waals surface area contributed by atoms with Gasteiger partial charge in [-0.1, -0.05) is 0 Å². The number of hydrogen-bond donors (Lipinski definition) is 0. The van der Waals surface area contributed by atoms with Gasteiger partial charge in [-0.2, -0.15) is 0 Å². The Labute approximate surface area is 83.2 Å². The molecule has 0 bridgehead atoms. The van der Waals surface area contributed by atoms with Crippen molar-refractivity contribution in [2.75, 3.05) is 0 Å². The summed E-state index contributed by atoms with van der Waals surface area (Å²) < 4.78 is 1.31. The zero-order valence-electron chi connectivity index (χ0n) is 7.55. The van der Waals surface area contributed by atoms with Gasteiger partial charge in [-0.25, -0.2) is 0 Å². The first-order valence-corrected chi connectivity index (χ1v) is 5.45. The zero-order valence-corrected chi connectivity index (χ0v) is 9.26. The fourth-order valence-corrected chi connectivity index (χ4v) is 1.80. The second-order valence-corrected chi connectivity index (χ2v) is 3.99. The predicted molar refractivity (Wildman–Crippen MR) is 55.1 cm³/mol. The van der Waals surface area contributed by atoms with Crippen molar-refractivity contribution in [3.8, 4) is 0 Å². The molecule has 1 heteroatoms. The average Bonchev–Trinajstić information content (AvgIpc) is 2.09. The van der Waals surface area contributed by atoms with Crippen LogP contribution in [0, 0.1) is 0 Å². The Morgan fingerprint density at radius 2 is 1.92 bits per heavy atom. The molecule has 0 fully saturated rings.